The standard InChI is InChI=1S/C26H21N3O5/c1-31-23-12-6-9-18-15-24(34-25(18)23)26(30)29-28-16-19-7-2-4-10-21(19)33-17-20-8-3-5-11-22(20)32-14-13-27/h2-12,15-16H,14,17H2,1H3,(H,29,30)/b28-16-. The predicted octanol–water partition coefficient (Wildman–Crippen LogP) is 4.69. The molecule has 0 spiro atoms. The molecule has 0 aliphatic rings. The summed E-state index contributed by atoms with van der Waals surface area (Å²) in [6, 6.07) is 23.6. The second kappa shape index (κ2) is 10.7. The number of methoxy groups -OCH3 is 1. The molecule has 0 aliphatic carbocycles. The minimum atomic E-state index is -0.489. The Morgan fingerprint density at radius 2 is 1.79 bits per heavy atom. The number of hydrogen-bond donors (Lipinski definition) is 1. The van der Waals surface area contributed by atoms with E-state index in [2.05, 4.69) is 10.5 Å². The molecule has 1 aromatic heterocycles. The average molecular weight is 455 g/mol. The number of amides is 1. The van der Waals surface area contributed by atoms with Crippen LogP contribution in [0.2, 0.25) is 0 Å². The topological polar surface area (TPSA) is 106 Å². The van der Waals surface area contributed by atoms with Crippen LogP contribution < -0.4 is 19.6 Å². The molecule has 1 N–H and O–H groups in total. The van der Waals surface area contributed by atoms with Crippen molar-refractivity contribution in [3.63, 3.8) is 0 Å². The van der Waals surface area contributed by atoms with Crippen LogP contribution in [0.4, 0.5) is 0 Å². The number of hydrogen-bond acceptors (Lipinski definition) is 7. The SMILES string of the molecule is COc1cccc2cc(C(=O)N/N=C\c3ccccc3OCc3ccccc3OCC#N)oc12. The number of hydrazone groups is 1. The Labute approximate surface area is 196 Å². The third-order valence-corrected chi connectivity index (χ3v) is 4.89. The highest BCUT2D eigenvalue weighted by atomic mass is 16.5. The first kappa shape index (κ1) is 22.4. The van der Waals surface area contributed by atoms with E-state index in [1.807, 2.05) is 54.6 Å². The number of rotatable bonds is 9. The number of carbonyl (C=O) groups is 1. The highest BCUT2D eigenvalue weighted by Gasteiger charge is 2.14. The number of carbonyl (C=O) groups excluding carboxylic acids is 1. The van der Waals surface area contributed by atoms with E-state index in [-0.39, 0.29) is 19.0 Å². The van der Waals surface area contributed by atoms with E-state index in [9.17, 15) is 4.79 Å². The van der Waals surface area contributed by atoms with Crippen molar-refractivity contribution < 1.29 is 23.4 Å². The van der Waals surface area contributed by atoms with Gasteiger partial charge in [0.25, 0.3) is 0 Å². The fraction of sp³-hybridized carbons (Fsp3) is 0.115. The molecule has 3 aromatic carbocycles. The Bertz CT molecular complexity index is 1370. The van der Waals surface area contributed by atoms with Crippen LogP contribution in [0.1, 0.15) is 21.7 Å². The van der Waals surface area contributed by atoms with Crippen molar-refractivity contribution in [2.45, 2.75) is 6.61 Å². The first-order chi connectivity index (χ1) is 16.7. The summed E-state index contributed by atoms with van der Waals surface area (Å²) in [6.07, 6.45) is 1.49. The molecule has 0 saturated heterocycles. The van der Waals surface area contributed by atoms with Crippen molar-refractivity contribution in [2.75, 3.05) is 13.7 Å². The minimum absolute atomic E-state index is 0.0437. The van der Waals surface area contributed by atoms with Crippen molar-refractivity contribution in [2.24, 2.45) is 5.10 Å². The Hall–Kier alpha value is -4.77. The average Bonchev–Trinajstić information content (AvgIpc) is 3.32. The Morgan fingerprint density at radius 1 is 1.03 bits per heavy atom. The maximum atomic E-state index is 12.5. The lowest BCUT2D eigenvalue weighted by atomic mass is 10.2. The third-order valence-electron chi connectivity index (χ3n) is 4.89. The fourth-order valence-electron chi connectivity index (χ4n) is 3.27. The fourth-order valence-corrected chi connectivity index (χ4v) is 3.27. The summed E-state index contributed by atoms with van der Waals surface area (Å²) in [7, 11) is 1.54. The first-order valence-electron chi connectivity index (χ1n) is 10.4. The third kappa shape index (κ3) is 5.16. The molecule has 0 aliphatic heterocycles. The number of nitrogens with one attached hydrogen (secondary N) is 1. The van der Waals surface area contributed by atoms with Gasteiger partial charge < -0.3 is 18.6 Å². The van der Waals surface area contributed by atoms with Gasteiger partial charge in [0.1, 0.15) is 24.2 Å². The Balaban J connectivity index is 1.43. The van der Waals surface area contributed by atoms with E-state index in [1.165, 1.54) is 6.21 Å². The van der Waals surface area contributed by atoms with Crippen molar-refractivity contribution in [1.82, 2.24) is 5.43 Å². The van der Waals surface area contributed by atoms with Gasteiger partial charge in [0, 0.05) is 16.5 Å². The minimum Gasteiger partial charge on any atom is -0.493 e. The predicted molar refractivity (Wildman–Crippen MR) is 126 cm³/mol. The van der Waals surface area contributed by atoms with Gasteiger partial charge in [0.15, 0.2) is 23.7 Å². The quantitative estimate of drug-likeness (QED) is 0.290. The molecule has 8 nitrogen and oxygen atoms in total. The van der Waals surface area contributed by atoms with Gasteiger partial charge in [-0.05, 0) is 30.3 Å². The van der Waals surface area contributed by atoms with Crippen LogP contribution in [0, 0.1) is 11.3 Å². The molecule has 0 bridgehead atoms. The van der Waals surface area contributed by atoms with Gasteiger partial charge in [-0.15, -0.1) is 0 Å². The molecular weight excluding hydrogens is 434 g/mol. The highest BCUT2D eigenvalue weighted by molar-refractivity contribution is 5.97. The second-order valence-corrected chi connectivity index (χ2v) is 7.07. The molecule has 0 fully saturated rings. The summed E-state index contributed by atoms with van der Waals surface area (Å²) in [5.74, 6) is 1.34. The summed E-state index contributed by atoms with van der Waals surface area (Å²) >= 11 is 0. The van der Waals surface area contributed by atoms with Crippen molar-refractivity contribution in [3.8, 4) is 23.3 Å². The number of benzene rings is 3. The van der Waals surface area contributed by atoms with Gasteiger partial charge in [-0.1, -0.05) is 42.5 Å². The first-order valence-corrected chi connectivity index (χ1v) is 10.4. The van der Waals surface area contributed by atoms with E-state index in [4.69, 9.17) is 23.9 Å². The summed E-state index contributed by atoms with van der Waals surface area (Å²) in [5.41, 5.74) is 4.44. The van der Waals surface area contributed by atoms with Crippen LogP contribution in [-0.2, 0) is 6.61 Å². The number of ether oxygens (including phenoxy) is 3. The molecule has 170 valence electrons. The molecule has 0 atom stereocenters. The zero-order valence-electron chi connectivity index (χ0n) is 18.4. The normalized spacial score (nSPS) is 10.7. The van der Waals surface area contributed by atoms with Crippen LogP contribution in [0.15, 0.2) is 82.3 Å². The zero-order chi connectivity index (χ0) is 23.8. The molecule has 8 heteroatoms. The van der Waals surface area contributed by atoms with Gasteiger partial charge in [0.05, 0.1) is 13.3 Å². The Morgan fingerprint density at radius 3 is 2.62 bits per heavy atom. The van der Waals surface area contributed by atoms with Gasteiger partial charge in [-0.2, -0.15) is 10.4 Å². The molecule has 4 aromatic rings. The van der Waals surface area contributed by atoms with Crippen LogP contribution in [0.25, 0.3) is 11.0 Å². The lowest BCUT2D eigenvalue weighted by molar-refractivity contribution is 0.0929. The van der Waals surface area contributed by atoms with E-state index in [0.717, 1.165) is 10.9 Å². The van der Waals surface area contributed by atoms with E-state index < -0.39 is 5.91 Å². The van der Waals surface area contributed by atoms with Crippen molar-refractivity contribution >= 4 is 23.1 Å². The molecule has 34 heavy (non-hydrogen) atoms. The summed E-state index contributed by atoms with van der Waals surface area (Å²) in [6.45, 7) is 0.192. The maximum Gasteiger partial charge on any atom is 0.307 e. The Kier molecular flexibility index (Phi) is 7.06. The number of fused-ring (bicyclic) bond motifs is 1. The molecule has 4 rings (SSSR count). The van der Waals surface area contributed by atoms with E-state index >= 15 is 0 Å². The number of furan rings is 1. The molecule has 1 heterocycles. The summed E-state index contributed by atoms with van der Waals surface area (Å²) < 4.78 is 22.3. The zero-order valence-corrected chi connectivity index (χ0v) is 18.4. The number of nitrogens with zero attached hydrogens (tertiary/aromatic N) is 2. The number of para-hydroxylation sites is 3. The molecular formula is C26H21N3O5. The van der Waals surface area contributed by atoms with Crippen molar-refractivity contribution in [1.29, 1.82) is 5.26 Å². The lowest BCUT2D eigenvalue weighted by Gasteiger charge is -2.12. The highest BCUT2D eigenvalue weighted by Crippen LogP contribution is 2.28. The van der Waals surface area contributed by atoms with Gasteiger partial charge in [-0.25, -0.2) is 5.43 Å². The largest absolute Gasteiger partial charge is 0.493 e. The molecule has 0 saturated carbocycles. The van der Waals surface area contributed by atoms with Gasteiger partial charge >= 0.3 is 5.91 Å². The van der Waals surface area contributed by atoms with E-state index in [0.29, 0.717) is 28.4 Å². The number of nitriles is 1. The van der Waals surface area contributed by atoms with Gasteiger partial charge in [-0.3, -0.25) is 4.79 Å². The second-order valence-electron chi connectivity index (χ2n) is 7.07. The van der Waals surface area contributed by atoms with Crippen LogP contribution >= 0.6 is 0 Å². The maximum absolute atomic E-state index is 12.5. The smallest absolute Gasteiger partial charge is 0.307 e. The lowest BCUT2D eigenvalue weighted by Crippen LogP contribution is -2.16. The molecule has 1 amide bonds. The van der Waals surface area contributed by atoms with Crippen LogP contribution in [0.5, 0.6) is 17.2 Å². The van der Waals surface area contributed by atoms with E-state index in [1.54, 1.807) is 31.4 Å². The van der Waals surface area contributed by atoms with Gasteiger partial charge in [0.2, 0.25) is 0 Å². The van der Waals surface area contributed by atoms with Crippen LogP contribution in [0.3, 0.4) is 0 Å². The monoisotopic (exact) mass is 455 g/mol. The summed E-state index contributed by atoms with van der Waals surface area (Å²) in [5, 5.41) is 13.6. The summed E-state index contributed by atoms with van der Waals surface area (Å²) in [4.78, 5) is 12.5. The van der Waals surface area contributed by atoms with Crippen LogP contribution in [-0.4, -0.2) is 25.8 Å². The molecule has 0 unspecified atom stereocenters. The van der Waals surface area contributed by atoms with Crippen molar-refractivity contribution in [3.05, 3.63) is 89.7 Å². The molecule has 0 radical (unpaired) electrons.